The first-order valence-electron chi connectivity index (χ1n) is 5.74. The van der Waals surface area contributed by atoms with E-state index in [9.17, 15) is 10.1 Å². The van der Waals surface area contributed by atoms with Crippen molar-refractivity contribution in [1.29, 1.82) is 0 Å². The van der Waals surface area contributed by atoms with E-state index < -0.39 is 4.92 Å². The second-order valence-corrected chi connectivity index (χ2v) is 5.30. The fraction of sp³-hybridized carbons (Fsp3) is 0.250. The zero-order valence-corrected chi connectivity index (χ0v) is 13.3. The van der Waals surface area contributed by atoms with Crippen molar-refractivity contribution < 1.29 is 9.66 Å². The summed E-state index contributed by atoms with van der Waals surface area (Å²) in [7, 11) is 1.65. The molecule has 2 rings (SSSR count). The number of hydrogen-bond donors (Lipinski definition) is 0. The van der Waals surface area contributed by atoms with Crippen LogP contribution in [-0.2, 0) is 12.9 Å². The van der Waals surface area contributed by atoms with Crippen molar-refractivity contribution in [3.8, 4) is 11.6 Å². The quantitative estimate of drug-likeness (QED) is 0.463. The molecule has 112 valence electrons. The van der Waals surface area contributed by atoms with Crippen molar-refractivity contribution in [2.24, 2.45) is 7.05 Å². The summed E-state index contributed by atoms with van der Waals surface area (Å²) in [4.78, 5) is 10.5. The lowest BCUT2D eigenvalue weighted by molar-refractivity contribution is -0.385. The molecule has 0 unspecified atom stereocenters. The molecule has 0 atom stereocenters. The van der Waals surface area contributed by atoms with E-state index in [1.165, 1.54) is 10.7 Å². The molecular formula is C12H10Cl3N3O3. The van der Waals surface area contributed by atoms with Gasteiger partial charge in [-0.3, -0.25) is 10.1 Å². The van der Waals surface area contributed by atoms with Crippen LogP contribution in [0.3, 0.4) is 0 Å². The Morgan fingerprint density at radius 2 is 2.00 bits per heavy atom. The zero-order valence-electron chi connectivity index (χ0n) is 11.1. The lowest BCUT2D eigenvalue weighted by Gasteiger charge is -2.09. The van der Waals surface area contributed by atoms with Gasteiger partial charge in [0.15, 0.2) is 0 Å². The third-order valence-electron chi connectivity index (χ3n) is 2.83. The Kier molecular flexibility index (Phi) is 4.61. The van der Waals surface area contributed by atoms with Crippen molar-refractivity contribution in [2.45, 2.75) is 12.8 Å². The van der Waals surface area contributed by atoms with Gasteiger partial charge in [-0.15, -0.1) is 11.6 Å². The first-order chi connectivity index (χ1) is 9.85. The minimum absolute atomic E-state index is 0.0243. The van der Waals surface area contributed by atoms with Crippen LogP contribution >= 0.6 is 34.8 Å². The molecule has 0 amide bonds. The number of nitro groups is 1. The van der Waals surface area contributed by atoms with Crippen LogP contribution in [0.25, 0.3) is 0 Å². The predicted molar refractivity (Wildman–Crippen MR) is 80.7 cm³/mol. The molecule has 1 aromatic heterocycles. The second-order valence-electron chi connectivity index (χ2n) is 4.22. The fourth-order valence-electron chi connectivity index (χ4n) is 1.81. The Hall–Kier alpha value is -1.50. The Bertz CT molecular complexity index is 716. The smallest absolute Gasteiger partial charge is 0.313 e. The van der Waals surface area contributed by atoms with E-state index in [1.807, 2.05) is 0 Å². The summed E-state index contributed by atoms with van der Waals surface area (Å²) in [5.41, 5.74) is 1.05. The maximum atomic E-state index is 11.1. The molecule has 6 nitrogen and oxygen atoms in total. The number of halogens is 3. The number of hydrogen-bond acceptors (Lipinski definition) is 4. The summed E-state index contributed by atoms with van der Waals surface area (Å²) in [6.45, 7) is 1.77. The van der Waals surface area contributed by atoms with Gasteiger partial charge in [0.05, 0.1) is 32.1 Å². The van der Waals surface area contributed by atoms with Crippen LogP contribution in [0.4, 0.5) is 5.69 Å². The minimum atomic E-state index is -0.596. The van der Waals surface area contributed by atoms with Gasteiger partial charge in [-0.05, 0) is 6.92 Å². The third kappa shape index (κ3) is 3.07. The molecule has 0 saturated heterocycles. The molecule has 0 aliphatic carbocycles. The van der Waals surface area contributed by atoms with Gasteiger partial charge in [0, 0.05) is 19.2 Å². The van der Waals surface area contributed by atoms with Crippen LogP contribution in [-0.4, -0.2) is 14.7 Å². The fourth-order valence-corrected chi connectivity index (χ4v) is 2.43. The van der Waals surface area contributed by atoms with Gasteiger partial charge in [0.1, 0.15) is 0 Å². The average molecular weight is 351 g/mol. The van der Waals surface area contributed by atoms with Crippen LogP contribution in [0.5, 0.6) is 11.6 Å². The first kappa shape index (κ1) is 15.9. The molecule has 1 aromatic carbocycles. The second kappa shape index (κ2) is 6.09. The van der Waals surface area contributed by atoms with E-state index in [0.29, 0.717) is 17.1 Å². The van der Waals surface area contributed by atoms with Crippen molar-refractivity contribution >= 4 is 40.5 Å². The minimum Gasteiger partial charge on any atom is -0.432 e. The van der Waals surface area contributed by atoms with Gasteiger partial charge >= 0.3 is 5.69 Å². The highest BCUT2D eigenvalue weighted by Crippen LogP contribution is 2.39. The first-order valence-corrected chi connectivity index (χ1v) is 7.04. The third-order valence-corrected chi connectivity index (χ3v) is 3.82. The maximum Gasteiger partial charge on any atom is 0.313 e. The van der Waals surface area contributed by atoms with Crippen LogP contribution in [0, 0.1) is 17.0 Å². The van der Waals surface area contributed by atoms with Gasteiger partial charge in [-0.25, -0.2) is 4.68 Å². The standard InChI is InChI=1S/C12H10Cl3N3O3/c1-6-7(5-13)12(17(2)16-6)21-11-4-9(15)8(14)3-10(11)18(19)20/h3-4H,5H2,1-2H3. The highest BCUT2D eigenvalue weighted by Gasteiger charge is 2.22. The van der Waals surface area contributed by atoms with E-state index in [4.69, 9.17) is 39.5 Å². The van der Waals surface area contributed by atoms with E-state index in [1.54, 1.807) is 14.0 Å². The summed E-state index contributed by atoms with van der Waals surface area (Å²) < 4.78 is 7.07. The average Bonchev–Trinajstić information content (AvgIpc) is 2.67. The molecule has 0 N–H and O–H groups in total. The maximum absolute atomic E-state index is 11.1. The summed E-state index contributed by atoms with van der Waals surface area (Å²) in [5, 5.41) is 15.5. The Balaban J connectivity index is 2.54. The number of rotatable bonds is 4. The molecular weight excluding hydrogens is 341 g/mol. The van der Waals surface area contributed by atoms with Crippen LogP contribution in [0.15, 0.2) is 12.1 Å². The predicted octanol–water partition coefficient (Wildman–Crippen LogP) is 4.47. The monoisotopic (exact) mass is 349 g/mol. The van der Waals surface area contributed by atoms with Gasteiger partial charge in [-0.1, -0.05) is 23.2 Å². The van der Waals surface area contributed by atoms with Crippen LogP contribution in [0.1, 0.15) is 11.3 Å². The summed E-state index contributed by atoms with van der Waals surface area (Å²) >= 11 is 17.5. The number of ether oxygens (including phenoxy) is 1. The number of alkyl halides is 1. The molecule has 0 radical (unpaired) electrons. The Labute approximate surface area is 135 Å². The molecule has 2 aromatic rings. The number of aryl methyl sites for hydroxylation is 2. The number of aromatic nitrogens is 2. The number of nitro benzene ring substituents is 1. The molecule has 0 aliphatic heterocycles. The van der Waals surface area contributed by atoms with Gasteiger partial charge in [0.25, 0.3) is 0 Å². The van der Waals surface area contributed by atoms with Crippen LogP contribution < -0.4 is 4.74 Å². The number of benzene rings is 1. The molecule has 0 fully saturated rings. The summed E-state index contributed by atoms with van der Waals surface area (Å²) in [6.07, 6.45) is 0. The summed E-state index contributed by atoms with van der Waals surface area (Å²) in [6, 6.07) is 2.44. The Morgan fingerprint density at radius 1 is 1.38 bits per heavy atom. The molecule has 9 heteroatoms. The van der Waals surface area contributed by atoms with Crippen molar-refractivity contribution in [3.63, 3.8) is 0 Å². The van der Waals surface area contributed by atoms with Crippen molar-refractivity contribution in [2.75, 3.05) is 0 Å². The molecule has 0 bridgehead atoms. The van der Waals surface area contributed by atoms with Gasteiger partial charge in [0.2, 0.25) is 11.6 Å². The lowest BCUT2D eigenvalue weighted by Crippen LogP contribution is -1.99. The number of nitrogens with zero attached hydrogens (tertiary/aromatic N) is 3. The largest absolute Gasteiger partial charge is 0.432 e. The molecule has 0 aliphatic rings. The molecule has 0 saturated carbocycles. The van der Waals surface area contributed by atoms with E-state index in [-0.39, 0.29) is 27.4 Å². The molecule has 1 heterocycles. The normalized spacial score (nSPS) is 10.7. The lowest BCUT2D eigenvalue weighted by atomic mass is 10.2. The topological polar surface area (TPSA) is 70.2 Å². The van der Waals surface area contributed by atoms with Crippen molar-refractivity contribution in [3.05, 3.63) is 43.5 Å². The molecule has 0 spiro atoms. The zero-order chi connectivity index (χ0) is 15.7. The van der Waals surface area contributed by atoms with Gasteiger partial charge < -0.3 is 4.74 Å². The molecule has 21 heavy (non-hydrogen) atoms. The van der Waals surface area contributed by atoms with E-state index in [0.717, 1.165) is 6.07 Å². The van der Waals surface area contributed by atoms with Crippen molar-refractivity contribution in [1.82, 2.24) is 9.78 Å². The summed E-state index contributed by atoms with van der Waals surface area (Å²) in [5.74, 6) is 0.470. The van der Waals surface area contributed by atoms with Gasteiger partial charge in [-0.2, -0.15) is 5.10 Å². The van der Waals surface area contributed by atoms with Crippen LogP contribution in [0.2, 0.25) is 10.0 Å². The Morgan fingerprint density at radius 3 is 2.57 bits per heavy atom. The highest BCUT2D eigenvalue weighted by molar-refractivity contribution is 6.42. The van der Waals surface area contributed by atoms with E-state index >= 15 is 0 Å². The SMILES string of the molecule is Cc1nn(C)c(Oc2cc(Cl)c(Cl)cc2[N+](=O)[O-])c1CCl. The highest BCUT2D eigenvalue weighted by atomic mass is 35.5. The van der Waals surface area contributed by atoms with E-state index in [2.05, 4.69) is 5.10 Å².